The van der Waals surface area contributed by atoms with Crippen molar-refractivity contribution >= 4 is 27.5 Å². The summed E-state index contributed by atoms with van der Waals surface area (Å²) in [7, 11) is -2.23. The Morgan fingerprint density at radius 1 is 0.946 bits per heavy atom. The summed E-state index contributed by atoms with van der Waals surface area (Å²) in [5.41, 5.74) is 1.12. The lowest BCUT2D eigenvalue weighted by Gasteiger charge is -2.33. The van der Waals surface area contributed by atoms with E-state index in [0.717, 1.165) is 22.5 Å². The molecule has 37 heavy (non-hydrogen) atoms. The average Bonchev–Trinajstić information content (AvgIpc) is 2.87. The first kappa shape index (κ1) is 30.0. The number of ether oxygens (including phenoxy) is 2. The number of sulfonamides is 1. The van der Waals surface area contributed by atoms with E-state index in [1.54, 1.807) is 43.5 Å². The van der Waals surface area contributed by atoms with Crippen molar-refractivity contribution in [2.75, 3.05) is 30.8 Å². The summed E-state index contributed by atoms with van der Waals surface area (Å²) in [4.78, 5) is 28.3. The fraction of sp³-hybridized carbons (Fsp3) is 0.481. The maximum Gasteiger partial charge on any atom is 0.244 e. The van der Waals surface area contributed by atoms with Crippen LogP contribution >= 0.6 is 0 Å². The minimum atomic E-state index is -3.80. The maximum atomic E-state index is 13.7. The van der Waals surface area contributed by atoms with Crippen LogP contribution in [0.4, 0.5) is 5.69 Å². The monoisotopic (exact) mass is 533 g/mol. The van der Waals surface area contributed by atoms with Gasteiger partial charge in [0.2, 0.25) is 21.8 Å². The molecule has 0 fully saturated rings. The number of hydrogen-bond donors (Lipinski definition) is 1. The molecule has 0 aromatic heterocycles. The zero-order chi connectivity index (χ0) is 27.6. The van der Waals surface area contributed by atoms with Gasteiger partial charge in [0.25, 0.3) is 0 Å². The molecular formula is C27H39N3O6S. The number of carbonyl (C=O) groups is 2. The van der Waals surface area contributed by atoms with Crippen LogP contribution in [0.5, 0.6) is 11.5 Å². The van der Waals surface area contributed by atoms with Gasteiger partial charge >= 0.3 is 0 Å². The highest BCUT2D eigenvalue weighted by Crippen LogP contribution is 2.23. The van der Waals surface area contributed by atoms with Crippen LogP contribution in [0, 0.1) is 0 Å². The molecule has 204 valence electrons. The molecule has 1 N–H and O–H groups in total. The largest absolute Gasteiger partial charge is 0.497 e. The highest BCUT2D eigenvalue weighted by Gasteiger charge is 2.32. The van der Waals surface area contributed by atoms with E-state index in [2.05, 4.69) is 5.32 Å². The second kappa shape index (κ2) is 13.9. The third-order valence-corrected chi connectivity index (χ3v) is 7.15. The standard InChI is InChI=1S/C27H39N3O6S/c1-7-20(4)28-27(32)25(8-2)29(18-21-10-14-23(35-5)15-11-21)26(31)19-30(37(6,33)34)22-12-16-24(17-13-22)36-9-3/h10-17,20,25H,7-9,18-19H2,1-6H3,(H,28,32). The molecule has 0 saturated carbocycles. The quantitative estimate of drug-likeness (QED) is 0.398. The summed E-state index contributed by atoms with van der Waals surface area (Å²) in [6, 6.07) is 12.9. The average molecular weight is 534 g/mol. The van der Waals surface area contributed by atoms with Crippen LogP contribution in [0.3, 0.4) is 0 Å². The number of amides is 2. The van der Waals surface area contributed by atoms with E-state index in [-0.39, 0.29) is 18.5 Å². The number of nitrogens with one attached hydrogen (secondary N) is 1. The number of nitrogens with zero attached hydrogens (tertiary/aromatic N) is 2. The Balaban J connectivity index is 2.41. The molecule has 9 nitrogen and oxygen atoms in total. The van der Waals surface area contributed by atoms with Crippen molar-refractivity contribution in [2.24, 2.45) is 0 Å². The van der Waals surface area contributed by atoms with Crippen molar-refractivity contribution in [2.45, 2.75) is 59.2 Å². The van der Waals surface area contributed by atoms with Crippen LogP contribution in [-0.4, -0.2) is 63.7 Å². The van der Waals surface area contributed by atoms with Gasteiger partial charge in [0.1, 0.15) is 24.1 Å². The summed E-state index contributed by atoms with van der Waals surface area (Å²) >= 11 is 0. The van der Waals surface area contributed by atoms with Gasteiger partial charge in [-0.1, -0.05) is 26.0 Å². The summed E-state index contributed by atoms with van der Waals surface area (Å²) in [6.07, 6.45) is 2.16. The zero-order valence-corrected chi connectivity index (χ0v) is 23.4. The molecule has 2 amide bonds. The van der Waals surface area contributed by atoms with Gasteiger partial charge in [-0.05, 0) is 68.7 Å². The van der Waals surface area contributed by atoms with Gasteiger partial charge in [-0.15, -0.1) is 0 Å². The Hall–Kier alpha value is -3.27. The van der Waals surface area contributed by atoms with Crippen molar-refractivity contribution in [1.29, 1.82) is 0 Å². The number of hydrogen-bond acceptors (Lipinski definition) is 6. The van der Waals surface area contributed by atoms with Gasteiger partial charge in [0, 0.05) is 12.6 Å². The van der Waals surface area contributed by atoms with Gasteiger partial charge in [-0.3, -0.25) is 13.9 Å². The third kappa shape index (κ3) is 8.66. The van der Waals surface area contributed by atoms with E-state index < -0.39 is 28.5 Å². The summed E-state index contributed by atoms with van der Waals surface area (Å²) < 4.78 is 37.1. The topological polar surface area (TPSA) is 105 Å². The molecule has 2 unspecified atom stereocenters. The van der Waals surface area contributed by atoms with Crippen LogP contribution in [0.15, 0.2) is 48.5 Å². The van der Waals surface area contributed by atoms with Crippen molar-refractivity contribution in [3.05, 3.63) is 54.1 Å². The molecule has 0 saturated heterocycles. The van der Waals surface area contributed by atoms with E-state index in [9.17, 15) is 18.0 Å². The van der Waals surface area contributed by atoms with Gasteiger partial charge < -0.3 is 19.7 Å². The van der Waals surface area contributed by atoms with Crippen molar-refractivity contribution in [1.82, 2.24) is 10.2 Å². The second-order valence-electron chi connectivity index (χ2n) is 8.81. The second-order valence-corrected chi connectivity index (χ2v) is 10.7. The molecule has 0 radical (unpaired) electrons. The number of benzene rings is 2. The predicted octanol–water partition coefficient (Wildman–Crippen LogP) is 3.58. The van der Waals surface area contributed by atoms with Crippen molar-refractivity contribution < 1.29 is 27.5 Å². The van der Waals surface area contributed by atoms with Crippen molar-refractivity contribution in [3.8, 4) is 11.5 Å². The van der Waals surface area contributed by atoms with E-state index in [1.807, 2.05) is 39.8 Å². The summed E-state index contributed by atoms with van der Waals surface area (Å²) in [5.74, 6) is 0.508. The molecular weight excluding hydrogens is 494 g/mol. The molecule has 2 aromatic carbocycles. The van der Waals surface area contributed by atoms with Gasteiger partial charge in [-0.25, -0.2) is 8.42 Å². The Morgan fingerprint density at radius 3 is 2.03 bits per heavy atom. The lowest BCUT2D eigenvalue weighted by molar-refractivity contribution is -0.140. The first-order chi connectivity index (χ1) is 17.5. The summed E-state index contributed by atoms with van der Waals surface area (Å²) in [6.45, 7) is 7.71. The third-order valence-electron chi connectivity index (χ3n) is 6.01. The fourth-order valence-corrected chi connectivity index (χ4v) is 4.63. The summed E-state index contributed by atoms with van der Waals surface area (Å²) in [5, 5.41) is 2.95. The van der Waals surface area contributed by atoms with Crippen LogP contribution in [0.1, 0.15) is 46.1 Å². The maximum absolute atomic E-state index is 13.7. The van der Waals surface area contributed by atoms with E-state index in [4.69, 9.17) is 9.47 Å². The Morgan fingerprint density at radius 2 is 1.54 bits per heavy atom. The Bertz CT molecular complexity index is 1120. The lowest BCUT2D eigenvalue weighted by Crippen LogP contribution is -2.53. The molecule has 0 heterocycles. The zero-order valence-electron chi connectivity index (χ0n) is 22.6. The number of carbonyl (C=O) groups excluding carboxylic acids is 2. The van der Waals surface area contributed by atoms with E-state index in [1.165, 1.54) is 4.90 Å². The number of methoxy groups -OCH3 is 1. The normalized spacial score (nSPS) is 12.8. The molecule has 0 aliphatic heterocycles. The van der Waals surface area contributed by atoms with E-state index >= 15 is 0 Å². The molecule has 2 atom stereocenters. The lowest BCUT2D eigenvalue weighted by atomic mass is 10.1. The molecule has 0 aliphatic carbocycles. The van der Waals surface area contributed by atoms with Gasteiger partial charge in [0.15, 0.2) is 0 Å². The van der Waals surface area contributed by atoms with Crippen LogP contribution in [-0.2, 0) is 26.2 Å². The van der Waals surface area contributed by atoms with Crippen LogP contribution in [0.2, 0.25) is 0 Å². The molecule has 2 rings (SSSR count). The molecule has 10 heteroatoms. The minimum absolute atomic E-state index is 0.0594. The van der Waals surface area contributed by atoms with Gasteiger partial charge in [-0.2, -0.15) is 0 Å². The minimum Gasteiger partial charge on any atom is -0.497 e. The molecule has 2 aromatic rings. The SMILES string of the molecule is CCOc1ccc(N(CC(=O)N(Cc2ccc(OC)cc2)C(CC)C(=O)NC(C)CC)S(C)(=O)=O)cc1. The highest BCUT2D eigenvalue weighted by atomic mass is 32.2. The number of rotatable bonds is 14. The molecule has 0 bridgehead atoms. The Kier molecular flexibility index (Phi) is 11.2. The number of anilines is 1. The highest BCUT2D eigenvalue weighted by molar-refractivity contribution is 7.92. The smallest absolute Gasteiger partial charge is 0.244 e. The van der Waals surface area contributed by atoms with Crippen molar-refractivity contribution in [3.63, 3.8) is 0 Å². The van der Waals surface area contributed by atoms with E-state index in [0.29, 0.717) is 30.2 Å². The predicted molar refractivity (Wildman–Crippen MR) is 145 cm³/mol. The van der Waals surface area contributed by atoms with Gasteiger partial charge in [0.05, 0.1) is 25.7 Å². The first-order valence-electron chi connectivity index (χ1n) is 12.5. The van der Waals surface area contributed by atoms with Crippen LogP contribution in [0.25, 0.3) is 0 Å². The Labute approximate surface area is 220 Å². The first-order valence-corrected chi connectivity index (χ1v) is 14.3. The molecule has 0 aliphatic rings. The fourth-order valence-electron chi connectivity index (χ4n) is 3.78. The molecule has 0 spiro atoms. The van der Waals surface area contributed by atoms with Crippen LogP contribution < -0.4 is 19.1 Å².